The van der Waals surface area contributed by atoms with E-state index in [0.29, 0.717) is 23.0 Å². The van der Waals surface area contributed by atoms with Crippen LogP contribution in [0.5, 0.6) is 11.6 Å². The molecule has 1 aliphatic rings. The van der Waals surface area contributed by atoms with E-state index >= 15 is 0 Å². The second-order valence-corrected chi connectivity index (χ2v) is 10.4. The lowest BCUT2D eigenvalue weighted by atomic mass is 10.0. The molecule has 2 N–H and O–H groups in total. The molecule has 0 bridgehead atoms. The Hall–Kier alpha value is -4.49. The van der Waals surface area contributed by atoms with Crippen LogP contribution in [-0.4, -0.2) is 71.0 Å². The van der Waals surface area contributed by atoms with Gasteiger partial charge < -0.3 is 25.2 Å². The summed E-state index contributed by atoms with van der Waals surface area (Å²) in [7, 11) is 5.43. The fourth-order valence-corrected chi connectivity index (χ4v) is 4.94. The molecule has 4 aromatic rings. The predicted octanol–water partition coefficient (Wildman–Crippen LogP) is 5.83. The maximum absolute atomic E-state index is 13.7. The minimum Gasteiger partial charge on any atom is -0.438 e. The zero-order valence-electron chi connectivity index (χ0n) is 23.5. The molecule has 1 atom stereocenters. The van der Waals surface area contributed by atoms with Gasteiger partial charge in [-0.3, -0.25) is 4.79 Å². The molecule has 0 spiro atoms. The number of hydrogen-bond donors (Lipinski definition) is 2. The summed E-state index contributed by atoms with van der Waals surface area (Å²) in [6.07, 6.45) is -0.925. The Morgan fingerprint density at radius 3 is 2.67 bits per heavy atom. The summed E-state index contributed by atoms with van der Waals surface area (Å²) in [4.78, 5) is 34.4. The van der Waals surface area contributed by atoms with Crippen LogP contribution in [0.4, 0.5) is 30.5 Å². The van der Waals surface area contributed by atoms with E-state index in [1.54, 1.807) is 32.3 Å². The van der Waals surface area contributed by atoms with Crippen LogP contribution in [-0.2, 0) is 6.18 Å². The number of amides is 1. The first-order valence-corrected chi connectivity index (χ1v) is 13.6. The molecule has 1 aliphatic heterocycles. The van der Waals surface area contributed by atoms with Gasteiger partial charge in [-0.2, -0.15) is 18.2 Å². The van der Waals surface area contributed by atoms with Gasteiger partial charge in [0.25, 0.3) is 5.91 Å². The Balaban J connectivity index is 1.44. The molecule has 3 heterocycles. The Bertz CT molecular complexity index is 1640. The molecular formula is C29H28ClF3N8O2. The van der Waals surface area contributed by atoms with Crippen molar-refractivity contribution in [3.63, 3.8) is 0 Å². The summed E-state index contributed by atoms with van der Waals surface area (Å²) in [6, 6.07) is 11.2. The van der Waals surface area contributed by atoms with Crippen LogP contribution in [0.3, 0.4) is 0 Å². The third kappa shape index (κ3) is 6.78. The number of hydrogen-bond acceptors (Lipinski definition) is 9. The first kappa shape index (κ1) is 30.0. The van der Waals surface area contributed by atoms with E-state index in [1.165, 1.54) is 30.7 Å². The number of rotatable bonds is 8. The van der Waals surface area contributed by atoms with E-state index in [1.807, 2.05) is 11.9 Å². The lowest BCUT2D eigenvalue weighted by Crippen LogP contribution is -2.35. The van der Waals surface area contributed by atoms with Crippen molar-refractivity contribution < 1.29 is 22.7 Å². The maximum Gasteiger partial charge on any atom is 0.416 e. The lowest BCUT2D eigenvalue weighted by molar-refractivity contribution is -0.137. The van der Waals surface area contributed by atoms with Crippen molar-refractivity contribution in [2.45, 2.75) is 18.6 Å². The van der Waals surface area contributed by atoms with Crippen molar-refractivity contribution in [3.05, 3.63) is 77.2 Å². The van der Waals surface area contributed by atoms with E-state index in [4.69, 9.17) is 16.3 Å². The number of carbonyl (C=O) groups is 1. The number of halogens is 4. The van der Waals surface area contributed by atoms with Gasteiger partial charge >= 0.3 is 6.18 Å². The van der Waals surface area contributed by atoms with Gasteiger partial charge in [-0.15, -0.1) is 0 Å². The van der Waals surface area contributed by atoms with Crippen LogP contribution in [0.25, 0.3) is 11.4 Å². The number of anilines is 3. The Morgan fingerprint density at radius 2 is 1.95 bits per heavy atom. The van der Waals surface area contributed by atoms with Crippen LogP contribution < -0.4 is 20.3 Å². The van der Waals surface area contributed by atoms with Crippen LogP contribution in [0.1, 0.15) is 22.3 Å². The molecule has 0 radical (unpaired) electrons. The van der Waals surface area contributed by atoms with Crippen molar-refractivity contribution >= 4 is 34.8 Å². The Labute approximate surface area is 250 Å². The zero-order chi connectivity index (χ0) is 30.7. The highest BCUT2D eigenvalue weighted by Crippen LogP contribution is 2.36. The van der Waals surface area contributed by atoms with Crippen LogP contribution >= 0.6 is 11.6 Å². The first-order valence-electron chi connectivity index (χ1n) is 13.3. The van der Waals surface area contributed by atoms with E-state index < -0.39 is 17.6 Å². The van der Waals surface area contributed by atoms with Crippen molar-refractivity contribution in [1.29, 1.82) is 0 Å². The molecule has 43 heavy (non-hydrogen) atoms. The van der Waals surface area contributed by atoms with Crippen LogP contribution in [0, 0.1) is 0 Å². The average molecular weight is 613 g/mol. The third-order valence-corrected chi connectivity index (χ3v) is 7.40. The number of carbonyl (C=O) groups excluding carboxylic acids is 1. The second-order valence-electron chi connectivity index (χ2n) is 9.98. The van der Waals surface area contributed by atoms with Gasteiger partial charge in [-0.25, -0.2) is 15.0 Å². The zero-order valence-corrected chi connectivity index (χ0v) is 24.2. The van der Waals surface area contributed by atoms with E-state index in [2.05, 4.69) is 35.5 Å². The molecule has 10 nitrogen and oxygen atoms in total. The number of nitrogens with one attached hydrogen (secondary N) is 2. The summed E-state index contributed by atoms with van der Waals surface area (Å²) in [6.45, 7) is 1.57. The van der Waals surface area contributed by atoms with Crippen molar-refractivity contribution in [2.24, 2.45) is 0 Å². The fourth-order valence-electron chi connectivity index (χ4n) is 4.78. The Kier molecular flexibility index (Phi) is 8.64. The standard InChI is InChI=1S/C29H28ClF3N8O2/c1-34-28-37-16-36-25(39-28)20-5-4-11-35-27(20)43-19-7-8-22(30)23(14-19)38-26(42)21-13-17(29(31,32)33)6-9-24(21)41(3)18-10-12-40(2)15-18/h4-9,11,13-14,16,18H,10,12,15H2,1-3H3,(H,38,42)(H,34,36,37,39). The number of likely N-dealkylation sites (tertiary alicyclic amines) is 1. The summed E-state index contributed by atoms with van der Waals surface area (Å²) < 4.78 is 47.0. The molecule has 1 unspecified atom stereocenters. The van der Waals surface area contributed by atoms with E-state index in [0.717, 1.165) is 31.6 Å². The number of benzene rings is 2. The lowest BCUT2D eigenvalue weighted by Gasteiger charge is -2.29. The number of pyridine rings is 1. The predicted molar refractivity (Wildman–Crippen MR) is 158 cm³/mol. The summed E-state index contributed by atoms with van der Waals surface area (Å²) >= 11 is 6.40. The van der Waals surface area contributed by atoms with Crippen molar-refractivity contribution in [2.75, 3.05) is 49.8 Å². The second kappa shape index (κ2) is 12.4. The van der Waals surface area contributed by atoms with Gasteiger partial charge in [0.15, 0.2) is 5.82 Å². The SMILES string of the molecule is CNc1ncnc(-c2cccnc2Oc2ccc(Cl)c(NC(=O)c3cc(C(F)(F)F)ccc3N(C)C3CCN(C)C3)c2)n1. The number of ether oxygens (including phenoxy) is 1. The summed E-state index contributed by atoms with van der Waals surface area (Å²) in [5.41, 5.74) is -0.0480. The molecule has 1 saturated heterocycles. The summed E-state index contributed by atoms with van der Waals surface area (Å²) in [5, 5.41) is 5.68. The average Bonchev–Trinajstić information content (AvgIpc) is 3.44. The quantitative estimate of drug-likeness (QED) is 0.254. The molecule has 1 amide bonds. The first-order chi connectivity index (χ1) is 20.5. The number of likely N-dealkylation sites (N-methyl/N-ethyl adjacent to an activating group) is 2. The molecule has 5 rings (SSSR count). The molecule has 1 fully saturated rings. The maximum atomic E-state index is 13.7. The largest absolute Gasteiger partial charge is 0.438 e. The summed E-state index contributed by atoms with van der Waals surface area (Å²) in [5.74, 6) is 0.369. The third-order valence-electron chi connectivity index (χ3n) is 7.07. The smallest absolute Gasteiger partial charge is 0.416 e. The van der Waals surface area contributed by atoms with Gasteiger partial charge in [0.2, 0.25) is 11.8 Å². The van der Waals surface area contributed by atoms with Gasteiger partial charge in [0, 0.05) is 44.6 Å². The number of aromatic nitrogens is 4. The van der Waals surface area contributed by atoms with Crippen LogP contribution in [0.2, 0.25) is 5.02 Å². The van der Waals surface area contributed by atoms with Gasteiger partial charge in [0.1, 0.15) is 12.1 Å². The topological polar surface area (TPSA) is 108 Å². The highest BCUT2D eigenvalue weighted by atomic mass is 35.5. The van der Waals surface area contributed by atoms with Gasteiger partial charge in [-0.05, 0) is 62.5 Å². The molecule has 0 saturated carbocycles. The fraction of sp³-hybridized carbons (Fsp3) is 0.276. The minimum absolute atomic E-state index is 0.0368. The molecule has 2 aromatic carbocycles. The Morgan fingerprint density at radius 1 is 1.14 bits per heavy atom. The molecule has 2 aromatic heterocycles. The molecular weight excluding hydrogens is 585 g/mol. The monoisotopic (exact) mass is 612 g/mol. The van der Waals surface area contributed by atoms with Gasteiger partial charge in [-0.1, -0.05) is 11.6 Å². The number of nitrogens with zero attached hydrogens (tertiary/aromatic N) is 6. The molecule has 0 aliphatic carbocycles. The van der Waals surface area contributed by atoms with Crippen molar-refractivity contribution in [1.82, 2.24) is 24.8 Å². The highest BCUT2D eigenvalue weighted by molar-refractivity contribution is 6.34. The van der Waals surface area contributed by atoms with Crippen molar-refractivity contribution in [3.8, 4) is 23.0 Å². The number of alkyl halides is 3. The van der Waals surface area contributed by atoms with Gasteiger partial charge in [0.05, 0.1) is 27.4 Å². The van der Waals surface area contributed by atoms with E-state index in [-0.39, 0.29) is 33.9 Å². The normalized spacial score (nSPS) is 15.3. The molecule has 224 valence electrons. The van der Waals surface area contributed by atoms with E-state index in [9.17, 15) is 18.0 Å². The highest BCUT2D eigenvalue weighted by Gasteiger charge is 2.33. The van der Waals surface area contributed by atoms with Crippen LogP contribution in [0.15, 0.2) is 61.1 Å². The minimum atomic E-state index is -4.63. The molecule has 14 heteroatoms.